The van der Waals surface area contributed by atoms with Crippen LogP contribution in [0.4, 0.5) is 0 Å². The normalized spacial score (nSPS) is 10.6. The minimum atomic E-state index is 0.0150. The van der Waals surface area contributed by atoms with Crippen molar-refractivity contribution in [2.45, 2.75) is 6.61 Å². The molecule has 2 heterocycles. The van der Waals surface area contributed by atoms with E-state index in [1.165, 1.54) is 0 Å². The Hall–Kier alpha value is -1.42. The van der Waals surface area contributed by atoms with E-state index < -0.39 is 0 Å². The van der Waals surface area contributed by atoms with Crippen molar-refractivity contribution in [2.75, 3.05) is 0 Å². The Morgan fingerprint density at radius 3 is 3.18 bits per heavy atom. The highest BCUT2D eigenvalue weighted by molar-refractivity contribution is 5.34. The zero-order valence-corrected chi connectivity index (χ0v) is 5.81. The van der Waals surface area contributed by atoms with Crippen LogP contribution in [-0.2, 0) is 6.61 Å². The zero-order valence-electron chi connectivity index (χ0n) is 5.81. The van der Waals surface area contributed by atoms with Crippen LogP contribution in [0.3, 0.4) is 0 Å². The molecule has 0 aromatic carbocycles. The van der Waals surface area contributed by atoms with Gasteiger partial charge in [-0.1, -0.05) is 0 Å². The lowest BCUT2D eigenvalue weighted by Gasteiger charge is -1.95. The number of hydrogen-bond donors (Lipinski definition) is 1. The first-order chi connectivity index (χ1) is 5.40. The second-order valence-electron chi connectivity index (χ2n) is 2.28. The molecule has 0 saturated carbocycles. The van der Waals surface area contributed by atoms with E-state index in [-0.39, 0.29) is 6.61 Å². The van der Waals surface area contributed by atoms with Crippen LogP contribution in [0.15, 0.2) is 24.9 Å². The number of hydrogen-bond acceptors (Lipinski definition) is 3. The highest BCUT2D eigenvalue weighted by atomic mass is 16.3. The summed E-state index contributed by atoms with van der Waals surface area (Å²) in [7, 11) is 0. The van der Waals surface area contributed by atoms with E-state index in [9.17, 15) is 0 Å². The van der Waals surface area contributed by atoms with Crippen LogP contribution in [0.1, 0.15) is 5.56 Å². The molecule has 4 heteroatoms. The molecule has 0 saturated heterocycles. The number of aromatic nitrogens is 3. The average Bonchev–Trinajstić information content (AvgIpc) is 2.50. The smallest absolute Gasteiger partial charge is 0.156 e. The minimum Gasteiger partial charge on any atom is -0.392 e. The fourth-order valence-electron chi connectivity index (χ4n) is 0.940. The van der Waals surface area contributed by atoms with Gasteiger partial charge in [-0.25, -0.2) is 9.97 Å². The van der Waals surface area contributed by atoms with Crippen LogP contribution < -0.4 is 0 Å². The highest BCUT2D eigenvalue weighted by Gasteiger charge is 1.94. The predicted octanol–water partition coefficient (Wildman–Crippen LogP) is 0.222. The Kier molecular flexibility index (Phi) is 1.33. The van der Waals surface area contributed by atoms with Crippen LogP contribution in [-0.4, -0.2) is 19.5 Å². The standard InChI is InChI=1S/C7H7N3O/c11-4-6-1-9-7-2-8-5-10(7)3-6/h1-3,5,11H,4H2. The van der Waals surface area contributed by atoms with Gasteiger partial charge in [-0.15, -0.1) is 0 Å². The summed E-state index contributed by atoms with van der Waals surface area (Å²) >= 11 is 0. The van der Waals surface area contributed by atoms with Crippen molar-refractivity contribution in [1.29, 1.82) is 0 Å². The number of rotatable bonds is 1. The predicted molar refractivity (Wildman–Crippen MR) is 38.9 cm³/mol. The van der Waals surface area contributed by atoms with Gasteiger partial charge in [0.15, 0.2) is 5.65 Å². The number of fused-ring (bicyclic) bond motifs is 1. The summed E-state index contributed by atoms with van der Waals surface area (Å²) in [4.78, 5) is 7.95. The van der Waals surface area contributed by atoms with Gasteiger partial charge in [-0.2, -0.15) is 0 Å². The van der Waals surface area contributed by atoms with Gasteiger partial charge in [0.2, 0.25) is 0 Å². The Balaban J connectivity index is 2.67. The lowest BCUT2D eigenvalue weighted by molar-refractivity contribution is 0.281. The van der Waals surface area contributed by atoms with Gasteiger partial charge < -0.3 is 5.11 Å². The second-order valence-corrected chi connectivity index (χ2v) is 2.28. The molecule has 0 atom stereocenters. The van der Waals surface area contributed by atoms with E-state index >= 15 is 0 Å². The molecule has 1 N–H and O–H groups in total. The molecule has 56 valence electrons. The summed E-state index contributed by atoms with van der Waals surface area (Å²) in [5, 5.41) is 8.76. The molecule has 0 aliphatic carbocycles. The first-order valence-electron chi connectivity index (χ1n) is 3.27. The Morgan fingerprint density at radius 2 is 2.36 bits per heavy atom. The van der Waals surface area contributed by atoms with Crippen molar-refractivity contribution in [3.8, 4) is 0 Å². The third-order valence-corrected chi connectivity index (χ3v) is 1.50. The highest BCUT2D eigenvalue weighted by Crippen LogP contribution is 2.00. The maximum absolute atomic E-state index is 8.76. The molecule has 2 rings (SSSR count). The second kappa shape index (κ2) is 2.32. The molecule has 2 aromatic rings. The van der Waals surface area contributed by atoms with Gasteiger partial charge >= 0.3 is 0 Å². The van der Waals surface area contributed by atoms with Crippen molar-refractivity contribution in [2.24, 2.45) is 0 Å². The van der Waals surface area contributed by atoms with Crippen LogP contribution in [0.25, 0.3) is 5.65 Å². The van der Waals surface area contributed by atoms with E-state index in [0.717, 1.165) is 11.2 Å². The molecule has 0 bridgehead atoms. The summed E-state index contributed by atoms with van der Waals surface area (Å²) in [6.45, 7) is 0.0150. The first-order valence-corrected chi connectivity index (χ1v) is 3.27. The summed E-state index contributed by atoms with van der Waals surface area (Å²) in [5.41, 5.74) is 1.58. The van der Waals surface area contributed by atoms with Crippen molar-refractivity contribution in [3.63, 3.8) is 0 Å². The van der Waals surface area contributed by atoms with Crippen LogP contribution >= 0.6 is 0 Å². The number of nitrogens with zero attached hydrogens (tertiary/aromatic N) is 3. The van der Waals surface area contributed by atoms with Gasteiger partial charge in [0.05, 0.1) is 12.8 Å². The van der Waals surface area contributed by atoms with Gasteiger partial charge in [-0.3, -0.25) is 4.40 Å². The van der Waals surface area contributed by atoms with Crippen LogP contribution in [0.2, 0.25) is 0 Å². The Morgan fingerprint density at radius 1 is 1.45 bits per heavy atom. The van der Waals surface area contributed by atoms with Gasteiger partial charge in [0.1, 0.15) is 6.33 Å². The van der Waals surface area contributed by atoms with Crippen molar-refractivity contribution in [1.82, 2.24) is 14.4 Å². The molecule has 0 amide bonds. The van der Waals surface area contributed by atoms with Crippen molar-refractivity contribution < 1.29 is 5.11 Å². The molecule has 0 aliphatic heterocycles. The lowest BCUT2D eigenvalue weighted by Crippen LogP contribution is -1.90. The molecule has 0 radical (unpaired) electrons. The SMILES string of the molecule is OCc1cnc2cncn2c1. The topological polar surface area (TPSA) is 50.4 Å². The largest absolute Gasteiger partial charge is 0.392 e. The Labute approximate surface area is 63.1 Å². The molecule has 0 fully saturated rings. The maximum atomic E-state index is 8.76. The lowest BCUT2D eigenvalue weighted by atomic mass is 10.4. The number of aliphatic hydroxyl groups excluding tert-OH is 1. The van der Waals surface area contributed by atoms with E-state index in [1.807, 2.05) is 0 Å². The molecular formula is C7H7N3O. The molecule has 2 aromatic heterocycles. The quantitative estimate of drug-likeness (QED) is 0.631. The van der Waals surface area contributed by atoms with E-state index in [2.05, 4.69) is 9.97 Å². The summed E-state index contributed by atoms with van der Waals surface area (Å²) < 4.78 is 1.77. The fraction of sp³-hybridized carbons (Fsp3) is 0.143. The average molecular weight is 149 g/mol. The Bertz CT molecular complexity index is 368. The first kappa shape index (κ1) is 6.30. The maximum Gasteiger partial charge on any atom is 0.156 e. The van der Waals surface area contributed by atoms with E-state index in [1.54, 1.807) is 29.3 Å². The molecular weight excluding hydrogens is 142 g/mol. The summed E-state index contributed by atoms with van der Waals surface area (Å²) in [6, 6.07) is 0. The van der Waals surface area contributed by atoms with E-state index in [4.69, 9.17) is 5.11 Å². The monoisotopic (exact) mass is 149 g/mol. The summed E-state index contributed by atoms with van der Waals surface area (Å²) in [5.74, 6) is 0. The third-order valence-electron chi connectivity index (χ3n) is 1.50. The zero-order chi connectivity index (χ0) is 7.68. The molecule has 0 aliphatic rings. The molecule has 11 heavy (non-hydrogen) atoms. The van der Waals surface area contributed by atoms with E-state index in [0.29, 0.717) is 0 Å². The number of aliphatic hydroxyl groups is 1. The van der Waals surface area contributed by atoms with Crippen molar-refractivity contribution in [3.05, 3.63) is 30.5 Å². The van der Waals surface area contributed by atoms with Gasteiger partial charge in [-0.05, 0) is 0 Å². The fourth-order valence-corrected chi connectivity index (χ4v) is 0.940. The molecule has 4 nitrogen and oxygen atoms in total. The summed E-state index contributed by atoms with van der Waals surface area (Å²) in [6.07, 6.45) is 6.76. The van der Waals surface area contributed by atoms with Gasteiger partial charge in [0.25, 0.3) is 0 Å². The molecule has 0 unspecified atom stereocenters. The minimum absolute atomic E-state index is 0.0150. The van der Waals surface area contributed by atoms with Gasteiger partial charge in [0, 0.05) is 18.0 Å². The molecule has 0 spiro atoms. The third kappa shape index (κ3) is 0.969. The van der Waals surface area contributed by atoms with Crippen molar-refractivity contribution >= 4 is 5.65 Å². The van der Waals surface area contributed by atoms with Crippen LogP contribution in [0.5, 0.6) is 0 Å². The number of imidazole rings is 1. The van der Waals surface area contributed by atoms with Crippen LogP contribution in [0, 0.1) is 0 Å².